The summed E-state index contributed by atoms with van der Waals surface area (Å²) in [5, 5.41) is 9.79. The maximum Gasteiger partial charge on any atom is 0.245 e. The van der Waals surface area contributed by atoms with Gasteiger partial charge >= 0.3 is 0 Å². The molecule has 1 heterocycles. The molecule has 1 aliphatic heterocycles. The molecule has 1 unspecified atom stereocenters. The van der Waals surface area contributed by atoms with E-state index in [-0.39, 0.29) is 60.4 Å². The van der Waals surface area contributed by atoms with E-state index in [9.17, 15) is 19.2 Å². The number of carbonyl (C=O) groups is 4. The number of methoxy groups -OCH3 is 2. The number of likely N-dealkylation sites (N-methyl/N-ethyl adjacent to an activating group) is 2. The van der Waals surface area contributed by atoms with E-state index in [4.69, 9.17) is 20.7 Å². The molecule has 0 aliphatic carbocycles. The lowest BCUT2D eigenvalue weighted by molar-refractivity contribution is -0.148. The first-order valence-electron chi connectivity index (χ1n) is 19.7. The number of amides is 4. The van der Waals surface area contributed by atoms with Crippen LogP contribution in [0, 0.1) is 23.7 Å². The minimum Gasteiger partial charge on any atom is -0.399 e. The number of nitrogens with two attached hydrogens (primary N) is 1. The van der Waals surface area contributed by atoms with Crippen molar-refractivity contribution in [3.05, 3.63) is 40.3 Å². The largest absolute Gasteiger partial charge is 0.399 e. The van der Waals surface area contributed by atoms with Crippen molar-refractivity contribution in [2.45, 2.75) is 123 Å². The molecule has 4 amide bonds. The third-order valence-electron chi connectivity index (χ3n) is 11.1. The topological polar surface area (TPSA) is 195 Å². The second-order valence-electron chi connectivity index (χ2n) is 16.0. The molecular weight excluding hydrogens is 702 g/mol. The van der Waals surface area contributed by atoms with Gasteiger partial charge in [0, 0.05) is 51.0 Å². The number of benzene rings is 1. The minimum absolute atomic E-state index is 0.0151. The molecular formula is C40H69N9O6. The molecule has 9 atom stereocenters. The molecule has 15 heteroatoms. The average Bonchev–Trinajstić information content (AvgIpc) is 3.62. The Morgan fingerprint density at radius 3 is 2.13 bits per heavy atom. The number of hydrogen-bond donors (Lipinski definition) is 3. The number of rotatable bonds is 22. The maximum atomic E-state index is 14.2. The van der Waals surface area contributed by atoms with Gasteiger partial charge in [0.2, 0.25) is 23.6 Å². The third-order valence-corrected chi connectivity index (χ3v) is 11.1. The average molecular weight is 772 g/mol. The molecule has 1 fully saturated rings. The molecule has 1 saturated heterocycles. The molecule has 1 aliphatic rings. The highest BCUT2D eigenvalue weighted by molar-refractivity contribution is 5.90. The zero-order valence-corrected chi connectivity index (χ0v) is 35.3. The lowest BCUT2D eigenvalue weighted by Crippen LogP contribution is -2.59. The van der Waals surface area contributed by atoms with Crippen LogP contribution in [0.3, 0.4) is 0 Å². The summed E-state index contributed by atoms with van der Waals surface area (Å²) in [7, 11) is 8.53. The second kappa shape index (κ2) is 22.6. The van der Waals surface area contributed by atoms with Crippen molar-refractivity contribution in [2.24, 2.45) is 28.8 Å². The first-order valence-corrected chi connectivity index (χ1v) is 19.7. The first kappa shape index (κ1) is 47.2. The number of ether oxygens (including phenoxy) is 2. The van der Waals surface area contributed by atoms with Gasteiger partial charge in [-0.25, -0.2) is 0 Å². The molecule has 0 saturated carbocycles. The van der Waals surface area contributed by atoms with Crippen molar-refractivity contribution >= 4 is 29.3 Å². The highest BCUT2D eigenvalue weighted by Gasteiger charge is 2.43. The molecule has 0 bridgehead atoms. The molecule has 0 radical (unpaired) electrons. The summed E-state index contributed by atoms with van der Waals surface area (Å²) in [6.07, 6.45) is 1.34. The summed E-state index contributed by atoms with van der Waals surface area (Å²) in [6, 6.07) is 4.85. The summed E-state index contributed by atoms with van der Waals surface area (Å²) in [5.41, 5.74) is 16.4. The van der Waals surface area contributed by atoms with Crippen LogP contribution in [0.2, 0.25) is 0 Å². The number of nitrogens with zero attached hydrogens (tertiary/aromatic N) is 6. The molecule has 15 nitrogen and oxygen atoms in total. The van der Waals surface area contributed by atoms with E-state index in [1.54, 1.807) is 50.1 Å². The Hall–Kier alpha value is -3.91. The molecule has 2 rings (SSSR count). The minimum atomic E-state index is -0.769. The Labute approximate surface area is 329 Å². The van der Waals surface area contributed by atoms with E-state index < -0.39 is 42.3 Å². The van der Waals surface area contributed by atoms with E-state index in [1.165, 1.54) is 0 Å². The zero-order chi connectivity index (χ0) is 41.6. The van der Waals surface area contributed by atoms with Gasteiger partial charge in [-0.3, -0.25) is 24.1 Å². The number of nitrogen functional groups attached to an aromatic ring is 1. The van der Waals surface area contributed by atoms with E-state index in [0.29, 0.717) is 25.1 Å². The summed E-state index contributed by atoms with van der Waals surface area (Å²) >= 11 is 0. The van der Waals surface area contributed by atoms with Gasteiger partial charge in [-0.05, 0) is 74.3 Å². The van der Waals surface area contributed by atoms with E-state index >= 15 is 0 Å². The van der Waals surface area contributed by atoms with Crippen molar-refractivity contribution < 1.29 is 28.7 Å². The van der Waals surface area contributed by atoms with Gasteiger partial charge in [0.15, 0.2) is 0 Å². The monoisotopic (exact) mass is 772 g/mol. The standard InChI is InChI=1S/C40H69N9O6/c1-13-26(6)36(48(10)40(53)34(24(2)3)45-39(52)35(25(4)5)47(8)9)32(54-11)22-33(50)49-20-14-15-31(49)37(55-12)27(7)38(51)44-30(23-43-46-42)21-28-16-18-29(41)19-17-28/h16-19,24-27,30-32,34-37H,13-15,20-23,41H2,1-12H3,(H,44,51)(H,45,52)/t26-,27+,30-,31-,32+,34-,35-,36?,37+/m0/s1. The van der Waals surface area contributed by atoms with Gasteiger partial charge in [-0.1, -0.05) is 72.1 Å². The fraction of sp³-hybridized carbons (Fsp3) is 0.750. The molecule has 4 N–H and O–H groups in total. The highest BCUT2D eigenvalue weighted by Crippen LogP contribution is 2.30. The zero-order valence-electron chi connectivity index (χ0n) is 35.3. The smallest absolute Gasteiger partial charge is 0.245 e. The molecule has 1 aromatic carbocycles. The Bertz CT molecular complexity index is 1430. The number of carbonyl (C=O) groups excluding carboxylic acids is 4. The van der Waals surface area contributed by atoms with Crippen LogP contribution in [0.5, 0.6) is 0 Å². The van der Waals surface area contributed by atoms with E-state index in [0.717, 1.165) is 18.4 Å². The number of likely N-dealkylation sites (tertiary alicyclic amines) is 1. The lowest BCUT2D eigenvalue weighted by Gasteiger charge is -2.41. The molecule has 310 valence electrons. The van der Waals surface area contributed by atoms with Crippen LogP contribution in [0.25, 0.3) is 10.4 Å². The van der Waals surface area contributed by atoms with Crippen LogP contribution in [-0.2, 0) is 35.1 Å². The van der Waals surface area contributed by atoms with Gasteiger partial charge < -0.3 is 35.6 Å². The first-order chi connectivity index (χ1) is 25.9. The lowest BCUT2D eigenvalue weighted by atomic mass is 9.89. The fourth-order valence-corrected chi connectivity index (χ4v) is 7.98. The van der Waals surface area contributed by atoms with E-state index in [2.05, 4.69) is 20.7 Å². The molecule has 0 spiro atoms. The van der Waals surface area contributed by atoms with Gasteiger partial charge in [-0.15, -0.1) is 0 Å². The number of anilines is 1. The van der Waals surface area contributed by atoms with Crippen LogP contribution in [0.1, 0.15) is 79.7 Å². The van der Waals surface area contributed by atoms with Crippen molar-refractivity contribution in [3.63, 3.8) is 0 Å². The Morgan fingerprint density at radius 1 is 0.982 bits per heavy atom. The quantitative estimate of drug-likeness (QED) is 0.0674. The number of azide groups is 1. The van der Waals surface area contributed by atoms with Gasteiger partial charge in [-0.2, -0.15) is 0 Å². The van der Waals surface area contributed by atoms with Crippen LogP contribution in [0.4, 0.5) is 5.69 Å². The van der Waals surface area contributed by atoms with Crippen LogP contribution < -0.4 is 16.4 Å². The van der Waals surface area contributed by atoms with Crippen LogP contribution in [-0.4, -0.2) is 129 Å². The Morgan fingerprint density at radius 2 is 1.62 bits per heavy atom. The third kappa shape index (κ3) is 13.1. The van der Waals surface area contributed by atoms with Crippen molar-refractivity contribution in [2.75, 3.05) is 54.2 Å². The molecule has 0 aromatic heterocycles. The van der Waals surface area contributed by atoms with Crippen LogP contribution >= 0.6 is 0 Å². The highest BCUT2D eigenvalue weighted by atomic mass is 16.5. The van der Waals surface area contributed by atoms with E-state index in [1.807, 2.05) is 72.7 Å². The maximum absolute atomic E-state index is 14.2. The van der Waals surface area contributed by atoms with Crippen molar-refractivity contribution in [3.8, 4) is 0 Å². The number of nitrogens with one attached hydrogen (secondary N) is 2. The molecule has 1 aromatic rings. The summed E-state index contributed by atoms with van der Waals surface area (Å²) in [5.74, 6) is -1.68. The predicted molar refractivity (Wildman–Crippen MR) is 216 cm³/mol. The van der Waals surface area contributed by atoms with Gasteiger partial charge in [0.05, 0.1) is 42.7 Å². The summed E-state index contributed by atoms with van der Waals surface area (Å²) < 4.78 is 12.0. The summed E-state index contributed by atoms with van der Waals surface area (Å²) in [6.45, 7) is 14.2. The fourth-order valence-electron chi connectivity index (χ4n) is 7.98. The Kier molecular flexibility index (Phi) is 19.4. The van der Waals surface area contributed by atoms with Crippen LogP contribution in [0.15, 0.2) is 29.4 Å². The molecule has 55 heavy (non-hydrogen) atoms. The SMILES string of the molecule is CC[C@H](C)C([C@@H](CC(=O)N1CCC[C@H]1[C@H](OC)[C@@H](C)C(=O)N[C@H](CN=[N+]=[N-])Cc1ccc(N)cc1)OC)N(C)C(=O)[C@@H](NC(=O)[C@H](C(C)C)N(C)C)C(C)C. The Balaban J connectivity index is 2.28. The van der Waals surface area contributed by atoms with Gasteiger partial charge in [0.25, 0.3) is 0 Å². The predicted octanol–water partition coefficient (Wildman–Crippen LogP) is 4.25. The normalized spacial score (nSPS) is 18.8. The van der Waals surface area contributed by atoms with Gasteiger partial charge in [0.1, 0.15) is 6.04 Å². The summed E-state index contributed by atoms with van der Waals surface area (Å²) in [4.78, 5) is 63.8. The van der Waals surface area contributed by atoms with Crippen molar-refractivity contribution in [1.82, 2.24) is 25.3 Å². The second-order valence-corrected chi connectivity index (χ2v) is 16.0. The number of hydrogen-bond acceptors (Lipinski definition) is 9. The van der Waals surface area contributed by atoms with Crippen molar-refractivity contribution in [1.29, 1.82) is 0 Å².